The highest BCUT2D eigenvalue weighted by atomic mass is 16.5. The van der Waals surface area contributed by atoms with Crippen molar-refractivity contribution in [2.75, 3.05) is 13.7 Å². The van der Waals surface area contributed by atoms with E-state index in [1.54, 1.807) is 0 Å². The van der Waals surface area contributed by atoms with Crippen LogP contribution in [0.15, 0.2) is 47.1 Å². The lowest BCUT2D eigenvalue weighted by atomic mass is 10.0. The van der Waals surface area contributed by atoms with Gasteiger partial charge in [-0.2, -0.15) is 0 Å². The molecule has 0 radical (unpaired) electrons. The zero-order valence-electron chi connectivity index (χ0n) is 13.5. The molecule has 0 aliphatic carbocycles. The fourth-order valence-corrected chi connectivity index (χ4v) is 2.58. The average molecular weight is 340 g/mol. The van der Waals surface area contributed by atoms with E-state index in [4.69, 9.17) is 9.15 Å². The largest absolute Gasteiger partial charge is 0.464 e. The molecule has 0 saturated heterocycles. The van der Waals surface area contributed by atoms with Crippen molar-refractivity contribution in [2.24, 2.45) is 0 Å². The molecule has 7 nitrogen and oxygen atoms in total. The zero-order chi connectivity index (χ0) is 17.8. The maximum atomic E-state index is 12.0. The summed E-state index contributed by atoms with van der Waals surface area (Å²) in [5, 5.41) is 7.12. The summed E-state index contributed by atoms with van der Waals surface area (Å²) < 4.78 is 10.4. The third-order valence-electron chi connectivity index (χ3n) is 3.72. The van der Waals surface area contributed by atoms with Crippen molar-refractivity contribution in [3.63, 3.8) is 0 Å². The smallest absolute Gasteiger partial charge is 0.321 e. The van der Waals surface area contributed by atoms with Gasteiger partial charge in [0, 0.05) is 18.0 Å². The molecule has 2 aromatic carbocycles. The first kappa shape index (κ1) is 16.5. The van der Waals surface area contributed by atoms with Crippen LogP contribution in [0.2, 0.25) is 0 Å². The fourth-order valence-electron chi connectivity index (χ4n) is 2.58. The first-order valence-electron chi connectivity index (χ1n) is 7.63. The molecule has 3 rings (SSSR count). The predicted molar refractivity (Wildman–Crippen MR) is 91.0 cm³/mol. The number of carbonyl (C=O) groups excluding carboxylic acids is 3. The van der Waals surface area contributed by atoms with Crippen LogP contribution in [0, 0.1) is 0 Å². The maximum absolute atomic E-state index is 12.0. The molecule has 25 heavy (non-hydrogen) atoms. The van der Waals surface area contributed by atoms with Crippen LogP contribution < -0.4 is 10.6 Å². The van der Waals surface area contributed by atoms with Gasteiger partial charge in [-0.25, -0.2) is 4.79 Å². The molecule has 0 bridgehead atoms. The number of ether oxygens (including phenoxy) is 1. The summed E-state index contributed by atoms with van der Waals surface area (Å²) >= 11 is 0. The quantitative estimate of drug-likeness (QED) is 0.709. The Morgan fingerprint density at radius 2 is 1.92 bits per heavy atom. The lowest BCUT2D eigenvalue weighted by Gasteiger charge is -2.05. The molecule has 7 heteroatoms. The number of carbonyl (C=O) groups is 3. The number of hydrogen-bond acceptors (Lipinski definition) is 5. The van der Waals surface area contributed by atoms with Gasteiger partial charge in [0.05, 0.1) is 12.7 Å². The molecule has 3 amide bonds. The van der Waals surface area contributed by atoms with E-state index >= 15 is 0 Å². The molecule has 3 aromatic rings. The SMILES string of the molecule is CNC(=O)NC(=O)COC(=O)Cc1coc2ccc3ccccc3c12. The number of fused-ring (bicyclic) bond motifs is 3. The van der Waals surface area contributed by atoms with Crippen molar-refractivity contribution >= 4 is 39.6 Å². The normalized spacial score (nSPS) is 10.6. The molecule has 0 aliphatic heterocycles. The Morgan fingerprint density at radius 3 is 2.72 bits per heavy atom. The fraction of sp³-hybridized carbons (Fsp3) is 0.167. The van der Waals surface area contributed by atoms with E-state index in [0.29, 0.717) is 11.1 Å². The highest BCUT2D eigenvalue weighted by Gasteiger charge is 2.15. The van der Waals surface area contributed by atoms with Gasteiger partial charge in [0.1, 0.15) is 5.58 Å². The van der Waals surface area contributed by atoms with E-state index in [1.165, 1.54) is 13.3 Å². The third-order valence-corrected chi connectivity index (χ3v) is 3.72. The van der Waals surface area contributed by atoms with Crippen molar-refractivity contribution in [2.45, 2.75) is 6.42 Å². The highest BCUT2D eigenvalue weighted by Crippen LogP contribution is 2.30. The minimum atomic E-state index is -0.699. The summed E-state index contributed by atoms with van der Waals surface area (Å²) in [4.78, 5) is 34.4. The standard InChI is InChI=1S/C18H16N2O5/c1-19-18(23)20-15(21)10-25-16(22)8-12-9-24-14-7-6-11-4-2-3-5-13(11)17(12)14/h2-7,9H,8,10H2,1H3,(H2,19,20,21,23). The van der Waals surface area contributed by atoms with Gasteiger partial charge in [0.15, 0.2) is 6.61 Å². The van der Waals surface area contributed by atoms with Crippen LogP contribution in [0.5, 0.6) is 0 Å². The Balaban J connectivity index is 1.73. The van der Waals surface area contributed by atoms with Crippen LogP contribution in [0.3, 0.4) is 0 Å². The van der Waals surface area contributed by atoms with Gasteiger partial charge < -0.3 is 14.5 Å². The summed E-state index contributed by atoms with van der Waals surface area (Å²) in [5.74, 6) is -1.28. The van der Waals surface area contributed by atoms with Crippen LogP contribution in [0.25, 0.3) is 21.7 Å². The van der Waals surface area contributed by atoms with Crippen LogP contribution >= 0.6 is 0 Å². The number of rotatable bonds is 4. The second-order valence-electron chi connectivity index (χ2n) is 5.39. The Kier molecular flexibility index (Phi) is 4.65. The molecule has 0 atom stereocenters. The number of furan rings is 1. The Hall–Kier alpha value is -3.35. The molecular formula is C18H16N2O5. The van der Waals surface area contributed by atoms with Crippen molar-refractivity contribution in [3.8, 4) is 0 Å². The Bertz CT molecular complexity index is 960. The summed E-state index contributed by atoms with van der Waals surface area (Å²) in [6, 6.07) is 10.9. The lowest BCUT2D eigenvalue weighted by molar-refractivity contribution is -0.147. The molecule has 0 fully saturated rings. The number of nitrogens with one attached hydrogen (secondary N) is 2. The first-order valence-corrected chi connectivity index (χ1v) is 7.63. The summed E-state index contributed by atoms with van der Waals surface area (Å²) in [6.07, 6.45) is 1.48. The molecule has 1 heterocycles. The highest BCUT2D eigenvalue weighted by molar-refractivity contribution is 6.08. The molecule has 0 spiro atoms. The van der Waals surface area contributed by atoms with Gasteiger partial charge >= 0.3 is 12.0 Å². The predicted octanol–water partition coefficient (Wildman–Crippen LogP) is 2.13. The second-order valence-corrected chi connectivity index (χ2v) is 5.39. The van der Waals surface area contributed by atoms with Crippen LogP contribution in [-0.4, -0.2) is 31.6 Å². The van der Waals surface area contributed by atoms with Crippen molar-refractivity contribution in [3.05, 3.63) is 48.2 Å². The van der Waals surface area contributed by atoms with Gasteiger partial charge in [-0.15, -0.1) is 0 Å². The monoisotopic (exact) mass is 340 g/mol. The summed E-state index contributed by atoms with van der Waals surface area (Å²) in [5.41, 5.74) is 1.36. The van der Waals surface area contributed by atoms with E-state index in [2.05, 4.69) is 5.32 Å². The third kappa shape index (κ3) is 3.60. The van der Waals surface area contributed by atoms with Gasteiger partial charge in [-0.05, 0) is 16.8 Å². The number of benzene rings is 2. The Labute approximate surface area is 142 Å². The first-order chi connectivity index (χ1) is 12.1. The number of hydrogen-bond donors (Lipinski definition) is 2. The summed E-state index contributed by atoms with van der Waals surface area (Å²) in [6.45, 7) is -0.525. The van der Waals surface area contributed by atoms with Gasteiger partial charge in [-0.1, -0.05) is 30.3 Å². The van der Waals surface area contributed by atoms with Gasteiger partial charge in [0.25, 0.3) is 5.91 Å². The van der Waals surface area contributed by atoms with Gasteiger partial charge in [0.2, 0.25) is 0 Å². The number of amides is 3. The zero-order valence-corrected chi connectivity index (χ0v) is 13.5. The molecule has 128 valence electrons. The number of urea groups is 1. The molecular weight excluding hydrogens is 324 g/mol. The van der Waals surface area contributed by atoms with Crippen LogP contribution in [0.4, 0.5) is 4.79 Å². The van der Waals surface area contributed by atoms with E-state index in [9.17, 15) is 14.4 Å². The van der Waals surface area contributed by atoms with Gasteiger partial charge in [-0.3, -0.25) is 14.9 Å². The average Bonchev–Trinajstić information content (AvgIpc) is 3.03. The van der Waals surface area contributed by atoms with Crippen molar-refractivity contribution in [1.29, 1.82) is 0 Å². The lowest BCUT2D eigenvalue weighted by Crippen LogP contribution is -2.39. The van der Waals surface area contributed by atoms with E-state index < -0.39 is 24.5 Å². The summed E-state index contributed by atoms with van der Waals surface area (Å²) in [7, 11) is 1.38. The van der Waals surface area contributed by atoms with E-state index in [0.717, 1.165) is 16.2 Å². The number of imide groups is 1. The topological polar surface area (TPSA) is 97.6 Å². The minimum absolute atomic E-state index is 0.0335. The van der Waals surface area contributed by atoms with Crippen molar-refractivity contribution in [1.82, 2.24) is 10.6 Å². The molecule has 0 unspecified atom stereocenters. The molecule has 2 N–H and O–H groups in total. The van der Waals surface area contributed by atoms with Crippen molar-refractivity contribution < 1.29 is 23.5 Å². The number of esters is 1. The Morgan fingerprint density at radius 1 is 1.12 bits per heavy atom. The molecule has 0 saturated carbocycles. The van der Waals surface area contributed by atoms with Crippen LogP contribution in [0.1, 0.15) is 5.56 Å². The van der Waals surface area contributed by atoms with Crippen LogP contribution in [-0.2, 0) is 20.7 Å². The molecule has 1 aromatic heterocycles. The minimum Gasteiger partial charge on any atom is -0.464 e. The molecule has 0 aliphatic rings. The second kappa shape index (κ2) is 7.04. The van der Waals surface area contributed by atoms with E-state index in [1.807, 2.05) is 41.7 Å². The maximum Gasteiger partial charge on any atom is 0.321 e. The van der Waals surface area contributed by atoms with E-state index in [-0.39, 0.29) is 6.42 Å².